The van der Waals surface area contributed by atoms with Gasteiger partial charge in [0.15, 0.2) is 0 Å². The zero-order chi connectivity index (χ0) is 13.5. The van der Waals surface area contributed by atoms with Gasteiger partial charge in [-0.15, -0.1) is 0 Å². The van der Waals surface area contributed by atoms with Crippen LogP contribution in [0.4, 0.5) is 5.82 Å². The van der Waals surface area contributed by atoms with Crippen molar-refractivity contribution < 1.29 is 0 Å². The molecule has 0 unspecified atom stereocenters. The van der Waals surface area contributed by atoms with Crippen LogP contribution >= 0.6 is 15.9 Å². The minimum Gasteiger partial charge on any atom is -0.353 e. The smallest absolute Gasteiger partial charge is 0.136 e. The summed E-state index contributed by atoms with van der Waals surface area (Å²) in [6, 6.07) is 8.37. The molecule has 3 nitrogen and oxygen atoms in total. The molecule has 0 spiro atoms. The van der Waals surface area contributed by atoms with Gasteiger partial charge in [-0.2, -0.15) is 0 Å². The number of benzene rings is 1. The van der Waals surface area contributed by atoms with Crippen molar-refractivity contribution in [2.24, 2.45) is 0 Å². The summed E-state index contributed by atoms with van der Waals surface area (Å²) in [6.45, 7) is 7.45. The van der Waals surface area contributed by atoms with E-state index in [0.717, 1.165) is 29.9 Å². The number of rotatable bonds is 1. The summed E-state index contributed by atoms with van der Waals surface area (Å²) in [5, 5.41) is 5.98. The van der Waals surface area contributed by atoms with Gasteiger partial charge in [-0.05, 0) is 26.0 Å². The van der Waals surface area contributed by atoms with Crippen LogP contribution < -0.4 is 10.2 Å². The highest BCUT2D eigenvalue weighted by Gasteiger charge is 2.27. The summed E-state index contributed by atoms with van der Waals surface area (Å²) in [5.41, 5.74) is 0.133. The zero-order valence-corrected chi connectivity index (χ0v) is 12.9. The summed E-state index contributed by atoms with van der Waals surface area (Å²) in [7, 11) is 0. The second kappa shape index (κ2) is 4.76. The first kappa shape index (κ1) is 12.9. The number of nitrogens with one attached hydrogen (secondary N) is 1. The molecule has 0 radical (unpaired) electrons. The molecule has 1 aliphatic rings. The number of halogens is 1. The van der Waals surface area contributed by atoms with Crippen molar-refractivity contribution in [1.29, 1.82) is 0 Å². The lowest BCUT2D eigenvalue weighted by molar-refractivity contribution is 0.352. The molecular weight excluding hydrogens is 302 g/mol. The number of aromatic nitrogens is 1. The van der Waals surface area contributed by atoms with E-state index in [9.17, 15) is 0 Å². The van der Waals surface area contributed by atoms with Gasteiger partial charge >= 0.3 is 0 Å². The number of fused-ring (bicyclic) bond motifs is 1. The van der Waals surface area contributed by atoms with Gasteiger partial charge in [-0.3, -0.25) is 0 Å². The van der Waals surface area contributed by atoms with Crippen molar-refractivity contribution in [3.05, 3.63) is 34.9 Å². The van der Waals surface area contributed by atoms with Crippen LogP contribution in [0.3, 0.4) is 0 Å². The molecule has 0 bridgehead atoms. The van der Waals surface area contributed by atoms with Gasteiger partial charge in [0.1, 0.15) is 5.82 Å². The minimum atomic E-state index is 0.133. The number of hydrogen-bond acceptors (Lipinski definition) is 3. The molecule has 2 aromatic rings. The lowest BCUT2D eigenvalue weighted by Gasteiger charge is -2.40. The summed E-state index contributed by atoms with van der Waals surface area (Å²) in [4.78, 5) is 6.99. The SMILES string of the molecule is CC1(C)CN(c2nccc3c(Br)cccc23)CCN1. The highest BCUT2D eigenvalue weighted by Crippen LogP contribution is 2.30. The van der Waals surface area contributed by atoms with E-state index in [4.69, 9.17) is 0 Å². The predicted molar refractivity (Wildman–Crippen MR) is 83.7 cm³/mol. The van der Waals surface area contributed by atoms with Crippen molar-refractivity contribution in [1.82, 2.24) is 10.3 Å². The van der Waals surface area contributed by atoms with Crippen molar-refractivity contribution in [2.75, 3.05) is 24.5 Å². The molecule has 100 valence electrons. The molecule has 3 rings (SSSR count). The summed E-state index contributed by atoms with van der Waals surface area (Å²) in [6.07, 6.45) is 1.90. The fourth-order valence-corrected chi connectivity index (χ4v) is 3.23. The topological polar surface area (TPSA) is 28.2 Å². The highest BCUT2D eigenvalue weighted by molar-refractivity contribution is 9.10. The van der Waals surface area contributed by atoms with Crippen LogP contribution in [0.25, 0.3) is 10.8 Å². The van der Waals surface area contributed by atoms with E-state index in [1.807, 2.05) is 6.20 Å². The average Bonchev–Trinajstić information content (AvgIpc) is 2.37. The summed E-state index contributed by atoms with van der Waals surface area (Å²) < 4.78 is 1.13. The molecule has 2 heterocycles. The normalized spacial score (nSPS) is 18.8. The van der Waals surface area contributed by atoms with Crippen molar-refractivity contribution in [2.45, 2.75) is 19.4 Å². The quantitative estimate of drug-likeness (QED) is 0.875. The Morgan fingerprint density at radius 2 is 2.11 bits per heavy atom. The van der Waals surface area contributed by atoms with Crippen LogP contribution in [0.5, 0.6) is 0 Å². The van der Waals surface area contributed by atoms with E-state index in [2.05, 4.69) is 69.2 Å². The maximum atomic E-state index is 4.61. The molecule has 0 aliphatic carbocycles. The Morgan fingerprint density at radius 1 is 1.26 bits per heavy atom. The Balaban J connectivity index is 2.08. The van der Waals surface area contributed by atoms with Crippen molar-refractivity contribution in [3.63, 3.8) is 0 Å². The second-order valence-electron chi connectivity index (χ2n) is 5.70. The minimum absolute atomic E-state index is 0.133. The third-order valence-electron chi connectivity index (χ3n) is 3.60. The van der Waals surface area contributed by atoms with Crippen LogP contribution in [-0.4, -0.2) is 30.2 Å². The van der Waals surface area contributed by atoms with Crippen LogP contribution in [-0.2, 0) is 0 Å². The van der Waals surface area contributed by atoms with Crippen LogP contribution in [0, 0.1) is 0 Å². The molecule has 1 aliphatic heterocycles. The Morgan fingerprint density at radius 3 is 2.89 bits per heavy atom. The maximum absolute atomic E-state index is 4.61. The molecule has 0 saturated carbocycles. The summed E-state index contributed by atoms with van der Waals surface area (Å²) in [5.74, 6) is 1.09. The van der Waals surface area contributed by atoms with Gasteiger partial charge in [0.2, 0.25) is 0 Å². The fourth-order valence-electron chi connectivity index (χ4n) is 2.73. The van der Waals surface area contributed by atoms with E-state index in [1.54, 1.807) is 0 Å². The molecule has 1 fully saturated rings. The third kappa shape index (κ3) is 2.47. The van der Waals surface area contributed by atoms with E-state index < -0.39 is 0 Å². The first-order valence-electron chi connectivity index (χ1n) is 6.60. The van der Waals surface area contributed by atoms with Gasteiger partial charge in [-0.1, -0.05) is 28.1 Å². The molecule has 0 atom stereocenters. The Kier molecular flexibility index (Phi) is 3.23. The monoisotopic (exact) mass is 319 g/mol. The van der Waals surface area contributed by atoms with E-state index in [-0.39, 0.29) is 5.54 Å². The van der Waals surface area contributed by atoms with Crippen LogP contribution in [0.2, 0.25) is 0 Å². The maximum Gasteiger partial charge on any atom is 0.136 e. The van der Waals surface area contributed by atoms with Crippen LogP contribution in [0.1, 0.15) is 13.8 Å². The highest BCUT2D eigenvalue weighted by atomic mass is 79.9. The van der Waals surface area contributed by atoms with Crippen molar-refractivity contribution >= 4 is 32.5 Å². The Bertz CT molecular complexity index is 609. The zero-order valence-electron chi connectivity index (χ0n) is 11.3. The number of nitrogens with zero attached hydrogens (tertiary/aromatic N) is 2. The third-order valence-corrected chi connectivity index (χ3v) is 4.29. The first-order chi connectivity index (χ1) is 9.07. The molecule has 1 saturated heterocycles. The standard InChI is InChI=1S/C15H18BrN3/c1-15(2)10-19(9-8-18-15)14-12-4-3-5-13(16)11(12)6-7-17-14/h3-7,18H,8-10H2,1-2H3. The Hall–Kier alpha value is -1.13. The lowest BCUT2D eigenvalue weighted by atomic mass is 10.0. The van der Waals surface area contributed by atoms with Crippen LogP contribution in [0.15, 0.2) is 34.9 Å². The lowest BCUT2D eigenvalue weighted by Crippen LogP contribution is -2.57. The molecule has 1 aromatic heterocycles. The largest absolute Gasteiger partial charge is 0.353 e. The van der Waals surface area contributed by atoms with E-state index in [1.165, 1.54) is 10.8 Å². The van der Waals surface area contributed by atoms with Gasteiger partial charge in [-0.25, -0.2) is 4.98 Å². The first-order valence-corrected chi connectivity index (χ1v) is 7.39. The number of hydrogen-bond donors (Lipinski definition) is 1. The van der Waals surface area contributed by atoms with E-state index in [0.29, 0.717) is 0 Å². The molecule has 19 heavy (non-hydrogen) atoms. The molecule has 1 aromatic carbocycles. The van der Waals surface area contributed by atoms with E-state index >= 15 is 0 Å². The van der Waals surface area contributed by atoms with Gasteiger partial charge < -0.3 is 10.2 Å². The number of anilines is 1. The van der Waals surface area contributed by atoms with Crippen molar-refractivity contribution in [3.8, 4) is 0 Å². The average molecular weight is 320 g/mol. The van der Waals surface area contributed by atoms with Gasteiger partial charge in [0.05, 0.1) is 0 Å². The predicted octanol–water partition coefficient (Wildman–Crippen LogP) is 3.19. The molecule has 0 amide bonds. The fraction of sp³-hybridized carbons (Fsp3) is 0.400. The summed E-state index contributed by atoms with van der Waals surface area (Å²) >= 11 is 3.62. The Labute approximate surface area is 122 Å². The molecule has 1 N–H and O–H groups in total. The molecular formula is C15H18BrN3. The van der Waals surface area contributed by atoms with Gasteiger partial charge in [0, 0.05) is 46.6 Å². The number of pyridine rings is 1. The second-order valence-corrected chi connectivity index (χ2v) is 6.56. The molecule has 4 heteroatoms. The van der Waals surface area contributed by atoms with Gasteiger partial charge in [0.25, 0.3) is 0 Å². The number of piperazine rings is 1.